The lowest BCUT2D eigenvalue weighted by atomic mass is 9.70. The molecule has 4 heteroatoms. The van der Waals surface area contributed by atoms with Crippen LogP contribution in [0.2, 0.25) is 0 Å². The Kier molecular flexibility index (Phi) is 3.82. The van der Waals surface area contributed by atoms with E-state index in [0.29, 0.717) is 31.0 Å². The number of ether oxygens (including phenoxy) is 2. The number of allylic oxidation sites excluding steroid dienone is 2. The van der Waals surface area contributed by atoms with Gasteiger partial charge in [0.05, 0.1) is 18.8 Å². The summed E-state index contributed by atoms with van der Waals surface area (Å²) in [6, 6.07) is 4.16. The van der Waals surface area contributed by atoms with Crippen molar-refractivity contribution in [3.63, 3.8) is 0 Å². The van der Waals surface area contributed by atoms with Crippen molar-refractivity contribution >= 4 is 11.4 Å². The normalized spacial score (nSPS) is 24.7. The van der Waals surface area contributed by atoms with Gasteiger partial charge in [-0.05, 0) is 50.3 Å². The summed E-state index contributed by atoms with van der Waals surface area (Å²) in [6.45, 7) is 7.37. The number of rotatable bonds is 1. The first-order chi connectivity index (χ1) is 11.9. The molecule has 0 amide bonds. The zero-order valence-corrected chi connectivity index (χ0v) is 15.3. The summed E-state index contributed by atoms with van der Waals surface area (Å²) >= 11 is 0. The molecular weight excluding hydrogens is 316 g/mol. The Hall–Kier alpha value is -1.65. The number of aryl methyl sites for hydroxylation is 3. The molecule has 0 bridgehead atoms. The van der Waals surface area contributed by atoms with Crippen LogP contribution in [-0.2, 0) is 14.3 Å². The molecule has 4 rings (SSSR count). The number of aliphatic hydroxyl groups is 1. The van der Waals surface area contributed by atoms with Crippen molar-refractivity contribution in [1.29, 1.82) is 0 Å². The monoisotopic (exact) mass is 342 g/mol. The smallest absolute Gasteiger partial charge is 0.168 e. The van der Waals surface area contributed by atoms with E-state index in [-0.39, 0.29) is 5.78 Å². The Morgan fingerprint density at radius 2 is 1.52 bits per heavy atom. The number of aliphatic hydroxyl groups excluding tert-OH is 1. The molecule has 1 saturated carbocycles. The summed E-state index contributed by atoms with van der Waals surface area (Å²) in [4.78, 5) is 12.9. The average molecular weight is 342 g/mol. The number of benzene rings is 1. The van der Waals surface area contributed by atoms with Crippen molar-refractivity contribution < 1.29 is 19.4 Å². The van der Waals surface area contributed by atoms with Gasteiger partial charge in [0.15, 0.2) is 11.6 Å². The second-order valence-electron chi connectivity index (χ2n) is 7.99. The van der Waals surface area contributed by atoms with Gasteiger partial charge in [0.2, 0.25) is 0 Å². The summed E-state index contributed by atoms with van der Waals surface area (Å²) < 4.78 is 11.6. The van der Waals surface area contributed by atoms with E-state index >= 15 is 0 Å². The summed E-state index contributed by atoms with van der Waals surface area (Å²) in [5, 5.41) is 11.1. The Morgan fingerprint density at radius 3 is 2.08 bits per heavy atom. The van der Waals surface area contributed by atoms with Gasteiger partial charge in [0, 0.05) is 24.7 Å². The molecule has 1 aromatic rings. The molecule has 2 aliphatic carbocycles. The minimum Gasteiger partial charge on any atom is -0.511 e. The maximum absolute atomic E-state index is 12.9. The van der Waals surface area contributed by atoms with E-state index < -0.39 is 11.2 Å². The number of carbonyl (C=O) groups is 1. The first-order valence-corrected chi connectivity index (χ1v) is 9.19. The largest absolute Gasteiger partial charge is 0.511 e. The Morgan fingerprint density at radius 1 is 0.960 bits per heavy atom. The summed E-state index contributed by atoms with van der Waals surface area (Å²) in [6.07, 6.45) is 3.35. The fraction of sp³-hybridized carbons (Fsp3) is 0.571. The van der Waals surface area contributed by atoms with E-state index in [0.717, 1.165) is 42.4 Å². The molecular formula is C21H26O4. The van der Waals surface area contributed by atoms with Crippen LogP contribution in [0.25, 0.3) is 5.57 Å². The molecule has 1 heterocycles. The second kappa shape index (κ2) is 5.68. The second-order valence-corrected chi connectivity index (χ2v) is 7.99. The highest BCUT2D eigenvalue weighted by molar-refractivity contribution is 6.24. The zero-order chi connectivity index (χ0) is 17.8. The molecule has 4 nitrogen and oxygen atoms in total. The predicted molar refractivity (Wildman–Crippen MR) is 95.4 cm³/mol. The highest BCUT2D eigenvalue weighted by Crippen LogP contribution is 2.55. The highest BCUT2D eigenvalue weighted by atomic mass is 16.7. The molecule has 1 aliphatic heterocycles. The van der Waals surface area contributed by atoms with Gasteiger partial charge >= 0.3 is 0 Å². The minimum absolute atomic E-state index is 0.0664. The van der Waals surface area contributed by atoms with Crippen molar-refractivity contribution in [2.75, 3.05) is 13.2 Å². The molecule has 0 unspecified atom stereocenters. The van der Waals surface area contributed by atoms with Crippen LogP contribution in [0.5, 0.6) is 0 Å². The van der Waals surface area contributed by atoms with Gasteiger partial charge in [0.25, 0.3) is 0 Å². The zero-order valence-electron chi connectivity index (χ0n) is 15.3. The van der Waals surface area contributed by atoms with E-state index in [1.165, 1.54) is 5.56 Å². The number of Topliss-reactive ketones (excluding diaryl/α,β-unsaturated/α-hetero) is 1. The molecule has 0 atom stereocenters. The molecule has 0 radical (unpaired) electrons. The molecule has 1 aromatic carbocycles. The topological polar surface area (TPSA) is 55.8 Å². The van der Waals surface area contributed by atoms with E-state index in [1.54, 1.807) is 0 Å². The van der Waals surface area contributed by atoms with Gasteiger partial charge in [-0.2, -0.15) is 0 Å². The van der Waals surface area contributed by atoms with Crippen molar-refractivity contribution in [3.8, 4) is 0 Å². The standard InChI is InChI=1S/C21H26O4/c1-13-10-14(2)17(15(3)11-13)18-16(22)12-20(19(18)23)4-6-21(7-5-20)24-8-9-25-21/h10-11,23H,4-9,12H2,1-3H3. The molecule has 1 saturated heterocycles. The van der Waals surface area contributed by atoms with Crippen LogP contribution in [-0.4, -0.2) is 29.9 Å². The van der Waals surface area contributed by atoms with Crippen molar-refractivity contribution in [2.24, 2.45) is 5.41 Å². The molecule has 2 spiro atoms. The third-order valence-corrected chi connectivity index (χ3v) is 6.23. The lowest BCUT2D eigenvalue weighted by Gasteiger charge is -2.41. The van der Waals surface area contributed by atoms with E-state index in [1.807, 2.05) is 13.8 Å². The number of carbonyl (C=O) groups excluding carboxylic acids is 1. The van der Waals surface area contributed by atoms with E-state index in [4.69, 9.17) is 9.47 Å². The van der Waals surface area contributed by atoms with Crippen molar-refractivity contribution in [1.82, 2.24) is 0 Å². The van der Waals surface area contributed by atoms with E-state index in [2.05, 4.69) is 19.1 Å². The Labute approximate surface area is 148 Å². The molecule has 2 fully saturated rings. The van der Waals surface area contributed by atoms with Crippen LogP contribution >= 0.6 is 0 Å². The van der Waals surface area contributed by atoms with Crippen LogP contribution in [0.1, 0.15) is 54.4 Å². The molecule has 25 heavy (non-hydrogen) atoms. The van der Waals surface area contributed by atoms with Gasteiger partial charge in [0.1, 0.15) is 5.76 Å². The number of hydrogen-bond donors (Lipinski definition) is 1. The average Bonchev–Trinajstić information content (AvgIpc) is 3.09. The van der Waals surface area contributed by atoms with Gasteiger partial charge < -0.3 is 14.6 Å². The van der Waals surface area contributed by atoms with Crippen LogP contribution in [0.15, 0.2) is 17.9 Å². The van der Waals surface area contributed by atoms with Crippen molar-refractivity contribution in [2.45, 2.75) is 58.7 Å². The quantitative estimate of drug-likeness (QED) is 0.833. The van der Waals surface area contributed by atoms with Gasteiger partial charge in [-0.15, -0.1) is 0 Å². The Balaban J connectivity index is 1.71. The first-order valence-electron chi connectivity index (χ1n) is 9.19. The fourth-order valence-electron chi connectivity index (χ4n) is 5.02. The van der Waals surface area contributed by atoms with E-state index in [9.17, 15) is 9.90 Å². The molecule has 1 N–H and O–H groups in total. The summed E-state index contributed by atoms with van der Waals surface area (Å²) in [5.74, 6) is -0.121. The number of ketones is 1. The van der Waals surface area contributed by atoms with Crippen molar-refractivity contribution in [3.05, 3.63) is 40.1 Å². The lowest BCUT2D eigenvalue weighted by molar-refractivity contribution is -0.190. The summed E-state index contributed by atoms with van der Waals surface area (Å²) in [5.41, 5.74) is 4.31. The lowest BCUT2D eigenvalue weighted by Crippen LogP contribution is -2.40. The molecule has 3 aliphatic rings. The maximum Gasteiger partial charge on any atom is 0.168 e. The van der Waals surface area contributed by atoms with Crippen LogP contribution in [0, 0.1) is 26.2 Å². The summed E-state index contributed by atoms with van der Waals surface area (Å²) in [7, 11) is 0. The third kappa shape index (κ3) is 2.54. The fourth-order valence-corrected chi connectivity index (χ4v) is 5.02. The molecule has 0 aromatic heterocycles. The first kappa shape index (κ1) is 16.8. The Bertz CT molecular complexity index is 735. The van der Waals surface area contributed by atoms with Gasteiger partial charge in [-0.25, -0.2) is 0 Å². The van der Waals surface area contributed by atoms with Crippen LogP contribution < -0.4 is 0 Å². The third-order valence-electron chi connectivity index (χ3n) is 6.23. The number of hydrogen-bond acceptors (Lipinski definition) is 4. The van der Waals surface area contributed by atoms with Crippen LogP contribution in [0.4, 0.5) is 0 Å². The van der Waals surface area contributed by atoms with Gasteiger partial charge in [-0.3, -0.25) is 4.79 Å². The SMILES string of the molecule is Cc1cc(C)c(C2=C(O)C3(CCC4(CC3)OCCO4)CC2=O)c(C)c1. The maximum atomic E-state index is 12.9. The molecule has 134 valence electrons. The highest BCUT2D eigenvalue weighted by Gasteiger charge is 2.53. The van der Waals surface area contributed by atoms with Crippen LogP contribution in [0.3, 0.4) is 0 Å². The van der Waals surface area contributed by atoms with Gasteiger partial charge in [-0.1, -0.05) is 17.7 Å². The predicted octanol–water partition coefficient (Wildman–Crippen LogP) is 4.16. The minimum atomic E-state index is -0.479.